The van der Waals surface area contributed by atoms with E-state index in [4.69, 9.17) is 10.00 Å². The lowest BCUT2D eigenvalue weighted by Crippen LogP contribution is -2.42. The number of amides is 1. The Morgan fingerprint density at radius 3 is 2.57 bits per heavy atom. The molecule has 2 atom stereocenters. The third-order valence-corrected chi connectivity index (χ3v) is 3.61. The molecule has 0 saturated heterocycles. The van der Waals surface area contributed by atoms with Gasteiger partial charge in [-0.1, -0.05) is 30.3 Å². The molecule has 0 unspecified atom stereocenters. The zero-order valence-electron chi connectivity index (χ0n) is 13.1. The summed E-state index contributed by atoms with van der Waals surface area (Å²) in [4.78, 5) is 24.2. The third kappa shape index (κ3) is 4.07. The summed E-state index contributed by atoms with van der Waals surface area (Å²) in [6.45, 7) is 1.69. The van der Waals surface area contributed by atoms with Crippen molar-refractivity contribution in [1.82, 2.24) is 5.32 Å². The van der Waals surface area contributed by atoms with E-state index in [1.165, 1.54) is 7.11 Å². The van der Waals surface area contributed by atoms with E-state index in [0.29, 0.717) is 5.56 Å². The Kier molecular flexibility index (Phi) is 5.32. The standard InChI is InChI=1S/C18H18N2O3/c1-12(11-19)9-16(18(22)23-2)20-17(21)15-8-7-13-5-3-4-6-14(13)10-15/h3-8,10,12,16H,9H2,1-2H3,(H,20,21)/t12-,16+/m0/s1. The van der Waals surface area contributed by atoms with Gasteiger partial charge in [0.15, 0.2) is 0 Å². The van der Waals surface area contributed by atoms with E-state index in [1.54, 1.807) is 19.1 Å². The van der Waals surface area contributed by atoms with Gasteiger partial charge in [-0.3, -0.25) is 4.79 Å². The first-order valence-electron chi connectivity index (χ1n) is 7.32. The molecule has 23 heavy (non-hydrogen) atoms. The first-order valence-corrected chi connectivity index (χ1v) is 7.32. The Morgan fingerprint density at radius 1 is 1.22 bits per heavy atom. The van der Waals surface area contributed by atoms with Crippen molar-refractivity contribution in [3.8, 4) is 6.07 Å². The molecule has 0 aliphatic carbocycles. The van der Waals surface area contributed by atoms with Crippen LogP contribution >= 0.6 is 0 Å². The SMILES string of the molecule is COC(=O)[C@@H](C[C@H](C)C#N)NC(=O)c1ccc2ccccc2c1. The van der Waals surface area contributed by atoms with Gasteiger partial charge in [-0.15, -0.1) is 0 Å². The highest BCUT2D eigenvalue weighted by molar-refractivity contribution is 6.00. The number of hydrogen-bond acceptors (Lipinski definition) is 4. The molecule has 1 N–H and O–H groups in total. The van der Waals surface area contributed by atoms with E-state index < -0.39 is 12.0 Å². The van der Waals surface area contributed by atoms with Gasteiger partial charge in [0.25, 0.3) is 5.91 Å². The average molecular weight is 310 g/mol. The summed E-state index contributed by atoms with van der Waals surface area (Å²) in [5.74, 6) is -1.28. The maximum Gasteiger partial charge on any atom is 0.328 e. The molecule has 0 bridgehead atoms. The fourth-order valence-corrected chi connectivity index (χ4v) is 2.33. The van der Waals surface area contributed by atoms with Crippen LogP contribution in [-0.4, -0.2) is 25.0 Å². The Bertz CT molecular complexity index is 764. The molecule has 0 fully saturated rings. The minimum atomic E-state index is -0.839. The Labute approximate surface area is 134 Å². The van der Waals surface area contributed by atoms with Crippen molar-refractivity contribution < 1.29 is 14.3 Å². The van der Waals surface area contributed by atoms with Crippen LogP contribution < -0.4 is 5.32 Å². The Hall–Kier alpha value is -2.87. The quantitative estimate of drug-likeness (QED) is 0.861. The predicted octanol–water partition coefficient (Wildman–Crippen LogP) is 2.66. The molecule has 0 aliphatic rings. The van der Waals surface area contributed by atoms with Crippen LogP contribution in [-0.2, 0) is 9.53 Å². The number of ether oxygens (including phenoxy) is 1. The molecule has 1 amide bonds. The molecule has 0 spiro atoms. The molecule has 0 aliphatic heterocycles. The van der Waals surface area contributed by atoms with Gasteiger partial charge in [0.1, 0.15) is 6.04 Å². The fraction of sp³-hybridized carbons (Fsp3) is 0.278. The van der Waals surface area contributed by atoms with E-state index in [1.807, 2.05) is 30.3 Å². The molecule has 0 radical (unpaired) electrons. The molecule has 2 aromatic rings. The van der Waals surface area contributed by atoms with Gasteiger partial charge in [0.05, 0.1) is 13.2 Å². The zero-order valence-corrected chi connectivity index (χ0v) is 13.1. The van der Waals surface area contributed by atoms with E-state index in [9.17, 15) is 9.59 Å². The number of hydrogen-bond donors (Lipinski definition) is 1. The summed E-state index contributed by atoms with van der Waals surface area (Å²) in [6.07, 6.45) is 0.211. The van der Waals surface area contributed by atoms with Crippen molar-refractivity contribution in [3.05, 3.63) is 48.0 Å². The molecular weight excluding hydrogens is 292 g/mol. The minimum Gasteiger partial charge on any atom is -0.467 e. The van der Waals surface area contributed by atoms with Crippen molar-refractivity contribution in [2.24, 2.45) is 5.92 Å². The van der Waals surface area contributed by atoms with Crippen molar-refractivity contribution in [2.45, 2.75) is 19.4 Å². The highest BCUT2D eigenvalue weighted by atomic mass is 16.5. The normalized spacial score (nSPS) is 12.9. The molecule has 118 valence electrons. The number of carbonyl (C=O) groups is 2. The molecule has 2 rings (SSSR count). The van der Waals surface area contributed by atoms with Crippen LogP contribution in [0.2, 0.25) is 0 Å². The van der Waals surface area contributed by atoms with E-state index in [0.717, 1.165) is 10.8 Å². The number of nitriles is 1. The lowest BCUT2D eigenvalue weighted by Gasteiger charge is -2.17. The van der Waals surface area contributed by atoms with E-state index in [-0.39, 0.29) is 18.2 Å². The number of carbonyl (C=O) groups excluding carboxylic acids is 2. The van der Waals surface area contributed by atoms with Crippen molar-refractivity contribution >= 4 is 22.6 Å². The maximum atomic E-state index is 12.4. The molecule has 0 aromatic heterocycles. The lowest BCUT2D eigenvalue weighted by molar-refractivity contribution is -0.143. The summed E-state index contributed by atoms with van der Waals surface area (Å²) >= 11 is 0. The van der Waals surface area contributed by atoms with Gasteiger partial charge in [0.2, 0.25) is 0 Å². The zero-order chi connectivity index (χ0) is 16.8. The molecule has 0 heterocycles. The van der Waals surface area contributed by atoms with Gasteiger partial charge >= 0.3 is 5.97 Å². The number of methoxy groups -OCH3 is 1. The monoisotopic (exact) mass is 310 g/mol. The smallest absolute Gasteiger partial charge is 0.328 e. The summed E-state index contributed by atoms with van der Waals surface area (Å²) < 4.78 is 4.70. The number of fused-ring (bicyclic) bond motifs is 1. The summed E-state index contributed by atoms with van der Waals surface area (Å²) in [5, 5.41) is 13.5. The Morgan fingerprint density at radius 2 is 1.91 bits per heavy atom. The first kappa shape index (κ1) is 16.5. The third-order valence-electron chi connectivity index (χ3n) is 3.61. The number of esters is 1. The minimum absolute atomic E-state index is 0.211. The van der Waals surface area contributed by atoms with Crippen LogP contribution in [0.4, 0.5) is 0 Å². The van der Waals surface area contributed by atoms with Gasteiger partial charge in [-0.25, -0.2) is 4.79 Å². The van der Waals surface area contributed by atoms with Gasteiger partial charge < -0.3 is 10.1 Å². The van der Waals surface area contributed by atoms with Crippen LogP contribution in [0.3, 0.4) is 0 Å². The average Bonchev–Trinajstić information content (AvgIpc) is 2.59. The summed E-state index contributed by atoms with van der Waals surface area (Å²) in [7, 11) is 1.26. The predicted molar refractivity (Wildman–Crippen MR) is 86.6 cm³/mol. The van der Waals surface area contributed by atoms with Crippen molar-refractivity contribution in [2.75, 3.05) is 7.11 Å². The molecule has 2 aromatic carbocycles. The molecule has 0 saturated carbocycles. The van der Waals surface area contributed by atoms with E-state index >= 15 is 0 Å². The topological polar surface area (TPSA) is 79.2 Å². The van der Waals surface area contributed by atoms with E-state index in [2.05, 4.69) is 11.4 Å². The van der Waals surface area contributed by atoms with Crippen LogP contribution in [0.1, 0.15) is 23.7 Å². The summed E-state index contributed by atoms with van der Waals surface area (Å²) in [6, 6.07) is 14.3. The molecule has 5 heteroatoms. The molecule has 5 nitrogen and oxygen atoms in total. The first-order chi connectivity index (χ1) is 11.0. The van der Waals surface area contributed by atoms with Crippen LogP contribution in [0, 0.1) is 17.2 Å². The highest BCUT2D eigenvalue weighted by Gasteiger charge is 2.24. The second-order valence-corrected chi connectivity index (χ2v) is 5.38. The van der Waals surface area contributed by atoms with Crippen LogP contribution in [0.25, 0.3) is 10.8 Å². The lowest BCUT2D eigenvalue weighted by atomic mass is 10.0. The van der Waals surface area contributed by atoms with Crippen LogP contribution in [0.15, 0.2) is 42.5 Å². The van der Waals surface area contributed by atoms with Crippen LogP contribution in [0.5, 0.6) is 0 Å². The largest absolute Gasteiger partial charge is 0.467 e. The van der Waals surface area contributed by atoms with Gasteiger partial charge in [-0.05, 0) is 36.2 Å². The second-order valence-electron chi connectivity index (χ2n) is 5.38. The number of benzene rings is 2. The number of nitrogens with one attached hydrogen (secondary N) is 1. The van der Waals surface area contributed by atoms with Crippen molar-refractivity contribution in [1.29, 1.82) is 5.26 Å². The highest BCUT2D eigenvalue weighted by Crippen LogP contribution is 2.16. The Balaban J connectivity index is 2.19. The van der Waals surface area contributed by atoms with Crippen molar-refractivity contribution in [3.63, 3.8) is 0 Å². The number of rotatable bonds is 5. The molecular formula is C18H18N2O3. The fourth-order valence-electron chi connectivity index (χ4n) is 2.33. The van der Waals surface area contributed by atoms with Gasteiger partial charge in [-0.2, -0.15) is 5.26 Å². The second kappa shape index (κ2) is 7.41. The van der Waals surface area contributed by atoms with Gasteiger partial charge in [0, 0.05) is 11.5 Å². The number of nitrogens with zero attached hydrogens (tertiary/aromatic N) is 1. The maximum absolute atomic E-state index is 12.4. The summed E-state index contributed by atoms with van der Waals surface area (Å²) in [5.41, 5.74) is 0.460.